The number of hydrogen-bond donors (Lipinski definition) is 2. The van der Waals surface area contributed by atoms with E-state index < -0.39 is 38.9 Å². The Kier molecular flexibility index (Phi) is 5.00. The van der Waals surface area contributed by atoms with Crippen LogP contribution in [0.15, 0.2) is 35.9 Å². The van der Waals surface area contributed by atoms with E-state index in [0.29, 0.717) is 11.8 Å². The highest BCUT2D eigenvalue weighted by Gasteiger charge is 2.49. The van der Waals surface area contributed by atoms with E-state index in [1.165, 1.54) is 25.1 Å². The van der Waals surface area contributed by atoms with Gasteiger partial charge in [-0.1, -0.05) is 34.1 Å². The largest absolute Gasteiger partial charge is 0.501 e. The second kappa shape index (κ2) is 6.48. The van der Waals surface area contributed by atoms with E-state index in [0.717, 1.165) is 6.07 Å². The summed E-state index contributed by atoms with van der Waals surface area (Å²) in [5.41, 5.74) is -1.92. The molecule has 1 heterocycles. The van der Waals surface area contributed by atoms with E-state index in [9.17, 15) is 22.7 Å². The topological polar surface area (TPSA) is 92.7 Å². The Morgan fingerprint density at radius 3 is 2.65 bits per heavy atom. The molecule has 126 valence electrons. The van der Waals surface area contributed by atoms with Crippen LogP contribution in [0.25, 0.3) is 0 Å². The first-order valence-electron chi connectivity index (χ1n) is 6.70. The molecule has 1 unspecified atom stereocenters. The molecule has 0 radical (unpaired) electrons. The van der Waals surface area contributed by atoms with Gasteiger partial charge in [0.2, 0.25) is 27.3 Å². The van der Waals surface area contributed by atoms with Gasteiger partial charge >= 0.3 is 0 Å². The zero-order valence-electron chi connectivity index (χ0n) is 12.2. The Bertz CT molecular complexity index is 764. The van der Waals surface area contributed by atoms with Gasteiger partial charge in [-0.2, -0.15) is 0 Å². The third kappa shape index (κ3) is 3.50. The smallest absolute Gasteiger partial charge is 0.250 e. The van der Waals surface area contributed by atoms with Crippen LogP contribution in [0.1, 0.15) is 18.9 Å². The summed E-state index contributed by atoms with van der Waals surface area (Å²) < 4.78 is 45.0. The van der Waals surface area contributed by atoms with Crippen LogP contribution in [-0.2, 0) is 25.2 Å². The first kappa shape index (κ1) is 17.7. The van der Waals surface area contributed by atoms with Crippen LogP contribution in [0.2, 0.25) is 0 Å². The second-order valence-electron chi connectivity index (χ2n) is 5.09. The number of nitrogens with one attached hydrogen (secondary N) is 1. The Morgan fingerprint density at radius 2 is 2.04 bits per heavy atom. The molecule has 6 nitrogen and oxygen atoms in total. The molecule has 0 aromatic heterocycles. The normalized spacial score (nSPS) is 21.4. The van der Waals surface area contributed by atoms with Gasteiger partial charge in [0.15, 0.2) is 0 Å². The fourth-order valence-corrected chi connectivity index (χ4v) is 3.86. The molecule has 1 aliphatic rings. The number of halogens is 2. The highest BCUT2D eigenvalue weighted by atomic mass is 79.9. The number of carbonyl (C=O) groups is 1. The van der Waals surface area contributed by atoms with Crippen molar-refractivity contribution in [2.75, 3.05) is 11.1 Å². The summed E-state index contributed by atoms with van der Waals surface area (Å²) >= 11 is 3.11. The molecule has 9 heteroatoms. The molecule has 0 bridgehead atoms. The van der Waals surface area contributed by atoms with Crippen LogP contribution in [0, 0.1) is 5.82 Å². The molecular formula is C14H15BrFNO5S. The standard InChI is InChI=1S/C14H15BrFNO5S/c1-14(9-5-2-3-6-10(9)16)12(19)11(18)13(22-14)17-23(20,21)8-4-7-15/h2-3,5-6,17-18H,4,7-8H2,1H3. The summed E-state index contributed by atoms with van der Waals surface area (Å²) in [4.78, 5) is 12.2. The van der Waals surface area contributed by atoms with Crippen LogP contribution < -0.4 is 4.72 Å². The Balaban J connectivity index is 2.30. The number of Topliss-reactive ketones (excluding diaryl/α,β-unsaturated/α-hetero) is 1. The predicted molar refractivity (Wildman–Crippen MR) is 84.8 cm³/mol. The highest BCUT2D eigenvalue weighted by Crippen LogP contribution is 2.38. The number of hydrogen-bond acceptors (Lipinski definition) is 5. The lowest BCUT2D eigenvalue weighted by Crippen LogP contribution is -2.33. The summed E-state index contributed by atoms with van der Waals surface area (Å²) in [5.74, 6) is -3.29. The van der Waals surface area contributed by atoms with Crippen LogP contribution >= 0.6 is 15.9 Å². The number of ether oxygens (including phenoxy) is 1. The number of alkyl halides is 1. The van der Waals surface area contributed by atoms with Crippen molar-refractivity contribution in [3.05, 3.63) is 47.3 Å². The molecule has 0 amide bonds. The molecule has 0 fully saturated rings. The molecule has 0 saturated heterocycles. The van der Waals surface area contributed by atoms with Crippen LogP contribution in [-0.4, -0.2) is 30.4 Å². The summed E-state index contributed by atoms with van der Waals surface area (Å²) in [6, 6.07) is 5.43. The minimum atomic E-state index is -3.79. The van der Waals surface area contributed by atoms with E-state index in [4.69, 9.17) is 4.74 Å². The number of benzene rings is 1. The molecule has 1 atom stereocenters. The van der Waals surface area contributed by atoms with Gasteiger partial charge in [0, 0.05) is 10.9 Å². The zero-order valence-corrected chi connectivity index (χ0v) is 14.6. The van der Waals surface area contributed by atoms with Crippen LogP contribution in [0.5, 0.6) is 0 Å². The maximum atomic E-state index is 13.9. The fraction of sp³-hybridized carbons (Fsp3) is 0.357. The third-order valence-electron chi connectivity index (χ3n) is 3.35. The molecule has 23 heavy (non-hydrogen) atoms. The Morgan fingerprint density at radius 1 is 1.39 bits per heavy atom. The van der Waals surface area contributed by atoms with Crippen molar-refractivity contribution in [2.24, 2.45) is 0 Å². The summed E-state index contributed by atoms with van der Waals surface area (Å²) in [6.45, 7) is 1.27. The summed E-state index contributed by atoms with van der Waals surface area (Å²) in [7, 11) is -3.79. The minimum Gasteiger partial charge on any atom is -0.501 e. The third-order valence-corrected chi connectivity index (χ3v) is 5.24. The molecule has 0 saturated carbocycles. The van der Waals surface area contributed by atoms with E-state index in [2.05, 4.69) is 15.9 Å². The molecule has 0 spiro atoms. The molecule has 0 aliphatic carbocycles. The maximum absolute atomic E-state index is 13.9. The van der Waals surface area contributed by atoms with E-state index in [-0.39, 0.29) is 11.3 Å². The number of aliphatic hydroxyl groups excluding tert-OH is 1. The Labute approximate surface area is 141 Å². The van der Waals surface area contributed by atoms with Gasteiger partial charge in [-0.25, -0.2) is 12.8 Å². The number of aliphatic hydroxyl groups is 1. The Hall–Kier alpha value is -1.61. The van der Waals surface area contributed by atoms with Crippen molar-refractivity contribution in [1.82, 2.24) is 4.72 Å². The van der Waals surface area contributed by atoms with Crippen LogP contribution in [0.3, 0.4) is 0 Å². The van der Waals surface area contributed by atoms with Gasteiger partial charge in [-0.15, -0.1) is 0 Å². The lowest BCUT2D eigenvalue weighted by Gasteiger charge is -2.24. The molecular weight excluding hydrogens is 393 g/mol. The summed E-state index contributed by atoms with van der Waals surface area (Å²) in [6.07, 6.45) is 0.335. The number of rotatable bonds is 6. The highest BCUT2D eigenvalue weighted by molar-refractivity contribution is 9.09. The second-order valence-corrected chi connectivity index (χ2v) is 7.72. The first-order chi connectivity index (χ1) is 10.7. The average Bonchev–Trinajstić information content (AvgIpc) is 2.70. The predicted octanol–water partition coefficient (Wildman–Crippen LogP) is 2.07. The van der Waals surface area contributed by atoms with Gasteiger partial charge in [0.05, 0.1) is 5.75 Å². The van der Waals surface area contributed by atoms with E-state index in [1.807, 2.05) is 4.72 Å². The number of carbonyl (C=O) groups excluding carboxylic acids is 1. The van der Waals surface area contributed by atoms with E-state index >= 15 is 0 Å². The van der Waals surface area contributed by atoms with Crippen molar-refractivity contribution in [1.29, 1.82) is 0 Å². The summed E-state index contributed by atoms with van der Waals surface area (Å²) in [5, 5.41) is 10.4. The molecule has 2 rings (SSSR count). The fourth-order valence-electron chi connectivity index (χ4n) is 2.16. The number of sulfonamides is 1. The van der Waals surface area contributed by atoms with Crippen molar-refractivity contribution < 1.29 is 27.4 Å². The van der Waals surface area contributed by atoms with Gasteiger partial charge in [-0.05, 0) is 19.4 Å². The van der Waals surface area contributed by atoms with Gasteiger partial charge in [0.1, 0.15) is 5.82 Å². The molecule has 2 N–H and O–H groups in total. The molecule has 1 aromatic carbocycles. The van der Waals surface area contributed by atoms with Crippen molar-refractivity contribution in [3.63, 3.8) is 0 Å². The first-order valence-corrected chi connectivity index (χ1v) is 9.47. The van der Waals surface area contributed by atoms with Gasteiger partial charge in [-0.3, -0.25) is 9.52 Å². The van der Waals surface area contributed by atoms with Crippen LogP contribution in [0.4, 0.5) is 4.39 Å². The SMILES string of the molecule is CC1(c2ccccc2F)OC(NS(=O)(=O)CCCBr)=C(O)C1=O. The molecule has 1 aromatic rings. The minimum absolute atomic E-state index is 0.0915. The molecule has 1 aliphatic heterocycles. The lowest BCUT2D eigenvalue weighted by atomic mass is 9.91. The van der Waals surface area contributed by atoms with Gasteiger partial charge < -0.3 is 9.84 Å². The maximum Gasteiger partial charge on any atom is 0.250 e. The van der Waals surface area contributed by atoms with Crippen molar-refractivity contribution in [2.45, 2.75) is 18.9 Å². The average molecular weight is 408 g/mol. The lowest BCUT2D eigenvalue weighted by molar-refractivity contribution is -0.132. The van der Waals surface area contributed by atoms with Gasteiger partial charge in [0.25, 0.3) is 5.78 Å². The monoisotopic (exact) mass is 407 g/mol. The number of ketones is 1. The van der Waals surface area contributed by atoms with Crippen molar-refractivity contribution >= 4 is 31.7 Å². The quantitative estimate of drug-likeness (QED) is 0.704. The van der Waals surface area contributed by atoms with E-state index in [1.54, 1.807) is 0 Å². The zero-order chi connectivity index (χ0) is 17.3. The van der Waals surface area contributed by atoms with Crippen molar-refractivity contribution in [3.8, 4) is 0 Å².